The summed E-state index contributed by atoms with van der Waals surface area (Å²) < 4.78 is 24.1. The van der Waals surface area contributed by atoms with Crippen molar-refractivity contribution in [1.29, 1.82) is 0 Å². The Morgan fingerprint density at radius 2 is 1.81 bits per heavy atom. The molecule has 1 saturated heterocycles. The quantitative estimate of drug-likeness (QED) is 0.650. The van der Waals surface area contributed by atoms with Gasteiger partial charge in [-0.2, -0.15) is 0 Å². The highest BCUT2D eigenvalue weighted by Gasteiger charge is 2.21. The van der Waals surface area contributed by atoms with Crippen LogP contribution in [0.3, 0.4) is 0 Å². The lowest BCUT2D eigenvalue weighted by molar-refractivity contribution is -0.118. The first-order chi connectivity index (χ1) is 15.0. The normalized spacial score (nSPS) is 14.2. The van der Waals surface area contributed by atoms with Gasteiger partial charge in [0.1, 0.15) is 0 Å². The lowest BCUT2D eigenvalue weighted by Gasteiger charge is -2.36. The number of carbonyl (C=O) groups excluding carboxylic acids is 2. The summed E-state index contributed by atoms with van der Waals surface area (Å²) in [7, 11) is 0. The Hall–Kier alpha value is -3.13. The number of nitrogens with zero attached hydrogens (tertiary/aromatic N) is 2. The van der Waals surface area contributed by atoms with Crippen molar-refractivity contribution in [3.05, 3.63) is 53.8 Å². The Bertz CT molecular complexity index is 913. The van der Waals surface area contributed by atoms with Gasteiger partial charge in [-0.15, -0.1) is 0 Å². The monoisotopic (exact) mass is 429 g/mol. The summed E-state index contributed by atoms with van der Waals surface area (Å²) >= 11 is 0. The van der Waals surface area contributed by atoms with Gasteiger partial charge in [0.05, 0.1) is 23.5 Å². The fraction of sp³-hybridized carbons (Fsp3) is 0.391. The van der Waals surface area contributed by atoms with Gasteiger partial charge < -0.3 is 24.6 Å². The number of carbonyl (C=O) groups is 2. The molecular weight excluding hydrogens is 401 g/mol. The van der Waals surface area contributed by atoms with Crippen LogP contribution in [0.5, 0.6) is 5.75 Å². The summed E-state index contributed by atoms with van der Waals surface area (Å²) in [6.07, 6.45) is 0. The molecule has 0 aliphatic carbocycles. The van der Waals surface area contributed by atoms with Gasteiger partial charge in [0.15, 0.2) is 18.2 Å². The fourth-order valence-corrected chi connectivity index (χ4v) is 3.45. The number of benzene rings is 2. The summed E-state index contributed by atoms with van der Waals surface area (Å²) in [4.78, 5) is 29.2. The van der Waals surface area contributed by atoms with Gasteiger partial charge in [-0.3, -0.25) is 4.79 Å². The van der Waals surface area contributed by atoms with Crippen molar-refractivity contribution in [2.75, 3.05) is 56.2 Å². The van der Waals surface area contributed by atoms with Crippen molar-refractivity contribution in [1.82, 2.24) is 4.90 Å². The summed E-state index contributed by atoms with van der Waals surface area (Å²) in [6.45, 7) is 8.22. The fourth-order valence-electron chi connectivity index (χ4n) is 3.45. The van der Waals surface area contributed by atoms with Gasteiger partial charge >= 0.3 is 5.97 Å². The number of hydrogen-bond donors (Lipinski definition) is 1. The molecule has 1 aliphatic rings. The molecule has 0 unspecified atom stereocenters. The van der Waals surface area contributed by atoms with Gasteiger partial charge in [-0.25, -0.2) is 9.18 Å². The van der Waals surface area contributed by atoms with E-state index in [4.69, 9.17) is 9.47 Å². The van der Waals surface area contributed by atoms with Crippen LogP contribution in [-0.2, 0) is 9.53 Å². The van der Waals surface area contributed by atoms with E-state index < -0.39 is 17.7 Å². The second-order valence-electron chi connectivity index (χ2n) is 7.14. The number of nitrogens with one attached hydrogen (secondary N) is 1. The molecule has 0 aromatic heterocycles. The third-order valence-corrected chi connectivity index (χ3v) is 5.14. The average molecular weight is 429 g/mol. The van der Waals surface area contributed by atoms with Crippen LogP contribution in [0.2, 0.25) is 0 Å². The van der Waals surface area contributed by atoms with E-state index in [0.717, 1.165) is 38.4 Å². The van der Waals surface area contributed by atoms with Gasteiger partial charge in [-0.1, -0.05) is 19.1 Å². The minimum Gasteiger partial charge on any atom is -0.481 e. The molecule has 166 valence electrons. The first-order valence-corrected chi connectivity index (χ1v) is 10.5. The van der Waals surface area contributed by atoms with Gasteiger partial charge in [0.25, 0.3) is 5.91 Å². The molecule has 0 atom stereocenters. The SMILES string of the molecule is CCOC(=O)c1ccc(N2CCN(CC)CC2)c(NC(=O)COc2ccccc2F)c1. The van der Waals surface area contributed by atoms with E-state index in [0.29, 0.717) is 11.3 Å². The standard InChI is InChI=1S/C23H28FN3O4/c1-3-26-11-13-27(14-12-26)20-10-9-17(23(29)30-4-2)15-19(20)25-22(28)16-31-21-8-6-5-7-18(21)24/h5-10,15H,3-4,11-14,16H2,1-2H3,(H,25,28). The summed E-state index contributed by atoms with van der Waals surface area (Å²) in [6, 6.07) is 11.0. The van der Waals surface area contributed by atoms with Crippen molar-refractivity contribution in [2.24, 2.45) is 0 Å². The molecule has 8 heteroatoms. The lowest BCUT2D eigenvalue weighted by atomic mass is 10.1. The molecule has 1 N–H and O–H groups in total. The molecule has 7 nitrogen and oxygen atoms in total. The van der Waals surface area contributed by atoms with Crippen molar-refractivity contribution in [3.8, 4) is 5.75 Å². The smallest absolute Gasteiger partial charge is 0.338 e. The number of rotatable bonds is 8. The highest BCUT2D eigenvalue weighted by molar-refractivity contribution is 5.98. The largest absolute Gasteiger partial charge is 0.481 e. The molecule has 1 amide bonds. The van der Waals surface area contributed by atoms with Gasteiger partial charge in [-0.05, 0) is 43.8 Å². The average Bonchev–Trinajstić information content (AvgIpc) is 2.79. The number of hydrogen-bond acceptors (Lipinski definition) is 6. The maximum absolute atomic E-state index is 13.7. The summed E-state index contributed by atoms with van der Waals surface area (Å²) in [5, 5.41) is 2.81. The van der Waals surface area contributed by atoms with Crippen LogP contribution >= 0.6 is 0 Å². The number of anilines is 2. The van der Waals surface area contributed by atoms with E-state index >= 15 is 0 Å². The highest BCUT2D eigenvalue weighted by atomic mass is 19.1. The molecule has 31 heavy (non-hydrogen) atoms. The molecule has 1 heterocycles. The highest BCUT2D eigenvalue weighted by Crippen LogP contribution is 2.29. The van der Waals surface area contributed by atoms with Crippen LogP contribution in [0, 0.1) is 5.82 Å². The zero-order valence-electron chi connectivity index (χ0n) is 17.9. The van der Waals surface area contributed by atoms with Crippen LogP contribution < -0.4 is 15.0 Å². The van der Waals surface area contributed by atoms with Crippen molar-refractivity contribution in [2.45, 2.75) is 13.8 Å². The Morgan fingerprint density at radius 3 is 2.48 bits per heavy atom. The number of halogens is 1. The Balaban J connectivity index is 1.76. The molecular formula is C23H28FN3O4. The van der Waals surface area contributed by atoms with E-state index in [9.17, 15) is 14.0 Å². The molecule has 0 radical (unpaired) electrons. The summed E-state index contributed by atoms with van der Waals surface area (Å²) in [5.41, 5.74) is 1.67. The number of piperazine rings is 1. The molecule has 2 aromatic carbocycles. The maximum Gasteiger partial charge on any atom is 0.338 e. The lowest BCUT2D eigenvalue weighted by Crippen LogP contribution is -2.46. The van der Waals surface area contributed by atoms with Crippen molar-refractivity contribution >= 4 is 23.3 Å². The second-order valence-corrected chi connectivity index (χ2v) is 7.14. The van der Waals surface area contributed by atoms with Crippen LogP contribution in [-0.4, -0.2) is 62.7 Å². The summed E-state index contributed by atoms with van der Waals surface area (Å²) in [5.74, 6) is -1.43. The first kappa shape index (κ1) is 22.6. The molecule has 3 rings (SSSR count). The Kier molecular flexibility index (Phi) is 7.83. The minimum atomic E-state index is -0.533. The Morgan fingerprint density at radius 1 is 1.06 bits per heavy atom. The topological polar surface area (TPSA) is 71.1 Å². The third-order valence-electron chi connectivity index (χ3n) is 5.14. The van der Waals surface area contributed by atoms with Crippen LogP contribution in [0.4, 0.5) is 15.8 Å². The molecule has 1 fully saturated rings. The number of para-hydroxylation sites is 1. The van der Waals surface area contributed by atoms with Gasteiger partial charge in [0.2, 0.25) is 0 Å². The zero-order valence-corrected chi connectivity index (χ0v) is 17.9. The molecule has 1 aliphatic heterocycles. The first-order valence-electron chi connectivity index (χ1n) is 10.5. The number of likely N-dealkylation sites (N-methyl/N-ethyl adjacent to an activating group) is 1. The molecule has 0 spiro atoms. The Labute approximate surface area is 181 Å². The number of ether oxygens (including phenoxy) is 2. The number of amides is 1. The van der Waals surface area contributed by atoms with E-state index in [1.807, 2.05) is 6.07 Å². The minimum absolute atomic E-state index is 0.00818. The van der Waals surface area contributed by atoms with Gasteiger partial charge in [0, 0.05) is 26.2 Å². The van der Waals surface area contributed by atoms with Crippen LogP contribution in [0.15, 0.2) is 42.5 Å². The maximum atomic E-state index is 13.7. The second kappa shape index (κ2) is 10.8. The van der Waals surface area contributed by atoms with E-state index in [1.54, 1.807) is 31.2 Å². The van der Waals surface area contributed by atoms with E-state index in [1.165, 1.54) is 12.1 Å². The molecule has 2 aromatic rings. The van der Waals surface area contributed by atoms with E-state index in [-0.39, 0.29) is 19.0 Å². The molecule has 0 bridgehead atoms. The van der Waals surface area contributed by atoms with Crippen molar-refractivity contribution in [3.63, 3.8) is 0 Å². The zero-order chi connectivity index (χ0) is 22.2. The van der Waals surface area contributed by atoms with E-state index in [2.05, 4.69) is 22.0 Å². The van der Waals surface area contributed by atoms with Crippen LogP contribution in [0.25, 0.3) is 0 Å². The predicted octanol–water partition coefficient (Wildman–Crippen LogP) is 3.16. The van der Waals surface area contributed by atoms with Crippen LogP contribution in [0.1, 0.15) is 24.2 Å². The van der Waals surface area contributed by atoms with Crippen molar-refractivity contribution < 1.29 is 23.5 Å². The molecule has 0 saturated carbocycles. The number of esters is 1. The predicted molar refractivity (Wildman–Crippen MR) is 117 cm³/mol. The third kappa shape index (κ3) is 5.95.